The maximum absolute atomic E-state index is 11.7. The van der Waals surface area contributed by atoms with Crippen LogP contribution in [0.4, 0.5) is 0 Å². The number of ketones is 1. The lowest BCUT2D eigenvalue weighted by molar-refractivity contribution is -0.118. The van der Waals surface area contributed by atoms with Crippen LogP contribution >= 0.6 is 0 Å². The van der Waals surface area contributed by atoms with E-state index in [2.05, 4.69) is 26.0 Å². The molecule has 1 aromatic rings. The molecule has 0 amide bonds. The van der Waals surface area contributed by atoms with E-state index in [1.165, 1.54) is 11.1 Å². The zero-order chi connectivity index (χ0) is 12.7. The lowest BCUT2D eigenvalue weighted by atomic mass is 10.0. The van der Waals surface area contributed by atoms with Crippen LogP contribution in [0.3, 0.4) is 0 Å². The lowest BCUT2D eigenvalue weighted by Gasteiger charge is -2.05. The Morgan fingerprint density at radius 3 is 2.65 bits per heavy atom. The molecule has 2 nitrogen and oxygen atoms in total. The summed E-state index contributed by atoms with van der Waals surface area (Å²) in [4.78, 5) is 11.7. The zero-order valence-corrected chi connectivity index (χ0v) is 11.1. The van der Waals surface area contributed by atoms with Gasteiger partial charge in [-0.1, -0.05) is 18.2 Å². The van der Waals surface area contributed by atoms with Crippen molar-refractivity contribution in [3.05, 3.63) is 34.9 Å². The Morgan fingerprint density at radius 1 is 1.24 bits per heavy atom. The molecule has 0 saturated carbocycles. The molecule has 0 aliphatic rings. The standard InChI is InChI=1S/C15H22O2/c1-4-17-9-5-6-15(16)11-14-8-7-12(2)13(3)10-14/h7-8,10H,4-6,9,11H2,1-3H3. The molecule has 0 N–H and O–H groups in total. The average Bonchev–Trinajstić information content (AvgIpc) is 2.30. The minimum absolute atomic E-state index is 0.299. The Kier molecular flexibility index (Phi) is 5.92. The SMILES string of the molecule is CCOCCCC(=O)Cc1ccc(C)c(C)c1. The van der Waals surface area contributed by atoms with Crippen molar-refractivity contribution >= 4 is 5.78 Å². The van der Waals surface area contributed by atoms with E-state index < -0.39 is 0 Å². The first-order valence-electron chi connectivity index (χ1n) is 6.29. The maximum atomic E-state index is 11.7. The summed E-state index contributed by atoms with van der Waals surface area (Å²) in [5.41, 5.74) is 3.65. The van der Waals surface area contributed by atoms with E-state index in [-0.39, 0.29) is 0 Å². The molecule has 0 aromatic heterocycles. The minimum atomic E-state index is 0.299. The fraction of sp³-hybridized carbons (Fsp3) is 0.533. The first kappa shape index (κ1) is 13.9. The van der Waals surface area contributed by atoms with Crippen molar-refractivity contribution in [1.82, 2.24) is 0 Å². The molecule has 94 valence electrons. The van der Waals surface area contributed by atoms with E-state index in [0.717, 1.165) is 18.6 Å². The molecule has 0 saturated heterocycles. The number of aryl methyl sites for hydroxylation is 2. The van der Waals surface area contributed by atoms with Gasteiger partial charge in [0.15, 0.2) is 0 Å². The fourth-order valence-electron chi connectivity index (χ4n) is 1.75. The van der Waals surface area contributed by atoms with Crippen LogP contribution in [0.25, 0.3) is 0 Å². The van der Waals surface area contributed by atoms with Crippen molar-refractivity contribution < 1.29 is 9.53 Å². The third-order valence-corrected chi connectivity index (χ3v) is 2.92. The van der Waals surface area contributed by atoms with E-state index in [1.807, 2.05) is 13.0 Å². The minimum Gasteiger partial charge on any atom is -0.382 e. The quantitative estimate of drug-likeness (QED) is 0.677. The molecule has 2 heteroatoms. The largest absolute Gasteiger partial charge is 0.382 e. The van der Waals surface area contributed by atoms with Gasteiger partial charge in [0, 0.05) is 26.1 Å². The second-order valence-corrected chi connectivity index (χ2v) is 4.43. The average molecular weight is 234 g/mol. The predicted molar refractivity (Wildman–Crippen MR) is 70.4 cm³/mol. The summed E-state index contributed by atoms with van der Waals surface area (Å²) in [5.74, 6) is 0.299. The van der Waals surface area contributed by atoms with Crippen molar-refractivity contribution in [1.29, 1.82) is 0 Å². The molecule has 0 aliphatic carbocycles. The van der Waals surface area contributed by atoms with Crippen LogP contribution in [-0.2, 0) is 16.0 Å². The van der Waals surface area contributed by atoms with Gasteiger partial charge < -0.3 is 4.74 Å². The fourth-order valence-corrected chi connectivity index (χ4v) is 1.75. The van der Waals surface area contributed by atoms with Gasteiger partial charge in [-0.05, 0) is 43.9 Å². The predicted octanol–water partition coefficient (Wildman–Crippen LogP) is 3.23. The number of hydrogen-bond donors (Lipinski definition) is 0. The molecule has 0 aliphatic heterocycles. The number of carbonyl (C=O) groups excluding carboxylic acids is 1. The van der Waals surface area contributed by atoms with Crippen molar-refractivity contribution in [2.75, 3.05) is 13.2 Å². The van der Waals surface area contributed by atoms with Gasteiger partial charge >= 0.3 is 0 Å². The number of carbonyl (C=O) groups is 1. The van der Waals surface area contributed by atoms with Gasteiger partial charge in [0.25, 0.3) is 0 Å². The van der Waals surface area contributed by atoms with Crippen molar-refractivity contribution in [2.24, 2.45) is 0 Å². The smallest absolute Gasteiger partial charge is 0.137 e. The number of Topliss-reactive ketones (excluding diaryl/α,β-unsaturated/α-hetero) is 1. The second-order valence-electron chi connectivity index (χ2n) is 4.43. The summed E-state index contributed by atoms with van der Waals surface area (Å²) in [7, 11) is 0. The Balaban J connectivity index is 2.37. The lowest BCUT2D eigenvalue weighted by Crippen LogP contribution is -2.05. The van der Waals surface area contributed by atoms with Crippen LogP contribution in [0.5, 0.6) is 0 Å². The van der Waals surface area contributed by atoms with Gasteiger partial charge in [0.05, 0.1) is 0 Å². The van der Waals surface area contributed by atoms with Crippen molar-refractivity contribution in [2.45, 2.75) is 40.0 Å². The highest BCUT2D eigenvalue weighted by atomic mass is 16.5. The number of hydrogen-bond acceptors (Lipinski definition) is 2. The highest BCUT2D eigenvalue weighted by Crippen LogP contribution is 2.11. The van der Waals surface area contributed by atoms with Gasteiger partial charge in [0.2, 0.25) is 0 Å². The van der Waals surface area contributed by atoms with E-state index in [4.69, 9.17) is 4.74 Å². The van der Waals surface area contributed by atoms with Gasteiger partial charge in [-0.15, -0.1) is 0 Å². The number of ether oxygens (including phenoxy) is 1. The van der Waals surface area contributed by atoms with Crippen LogP contribution < -0.4 is 0 Å². The molecule has 0 bridgehead atoms. The normalized spacial score (nSPS) is 10.5. The number of benzene rings is 1. The van der Waals surface area contributed by atoms with Crippen LogP contribution in [0.2, 0.25) is 0 Å². The summed E-state index contributed by atoms with van der Waals surface area (Å²) >= 11 is 0. The van der Waals surface area contributed by atoms with Gasteiger partial charge in [-0.2, -0.15) is 0 Å². The summed E-state index contributed by atoms with van der Waals surface area (Å²) in [6, 6.07) is 6.23. The molecule has 0 unspecified atom stereocenters. The van der Waals surface area contributed by atoms with Gasteiger partial charge in [-0.3, -0.25) is 4.79 Å². The Labute approximate surface area is 104 Å². The van der Waals surface area contributed by atoms with Gasteiger partial charge in [-0.25, -0.2) is 0 Å². The maximum Gasteiger partial charge on any atom is 0.137 e. The molecule has 17 heavy (non-hydrogen) atoms. The van der Waals surface area contributed by atoms with Crippen molar-refractivity contribution in [3.8, 4) is 0 Å². The molecule has 0 heterocycles. The first-order valence-corrected chi connectivity index (χ1v) is 6.29. The van der Waals surface area contributed by atoms with Gasteiger partial charge in [0.1, 0.15) is 5.78 Å². The Hall–Kier alpha value is -1.15. The molecule has 0 spiro atoms. The number of rotatable bonds is 7. The van der Waals surface area contributed by atoms with Crippen LogP contribution in [0, 0.1) is 13.8 Å². The van der Waals surface area contributed by atoms with Crippen LogP contribution in [0.1, 0.15) is 36.5 Å². The van der Waals surface area contributed by atoms with Crippen molar-refractivity contribution in [3.63, 3.8) is 0 Å². The van der Waals surface area contributed by atoms with Crippen LogP contribution in [-0.4, -0.2) is 19.0 Å². The highest BCUT2D eigenvalue weighted by Gasteiger charge is 2.04. The van der Waals surface area contributed by atoms with E-state index in [0.29, 0.717) is 25.2 Å². The molecule has 1 rings (SSSR count). The third-order valence-electron chi connectivity index (χ3n) is 2.92. The highest BCUT2D eigenvalue weighted by molar-refractivity contribution is 5.80. The van der Waals surface area contributed by atoms with E-state index in [9.17, 15) is 4.79 Å². The topological polar surface area (TPSA) is 26.3 Å². The molecule has 0 fully saturated rings. The van der Waals surface area contributed by atoms with E-state index >= 15 is 0 Å². The summed E-state index contributed by atoms with van der Waals surface area (Å²) in [5, 5.41) is 0. The molecule has 0 radical (unpaired) electrons. The molecular formula is C15H22O2. The molecule has 1 aromatic carbocycles. The van der Waals surface area contributed by atoms with E-state index in [1.54, 1.807) is 0 Å². The monoisotopic (exact) mass is 234 g/mol. The zero-order valence-electron chi connectivity index (χ0n) is 11.1. The Bertz CT molecular complexity index is 369. The summed E-state index contributed by atoms with van der Waals surface area (Å²) in [6.07, 6.45) is 2.00. The summed E-state index contributed by atoms with van der Waals surface area (Å²) in [6.45, 7) is 7.55. The summed E-state index contributed by atoms with van der Waals surface area (Å²) < 4.78 is 5.22. The molecular weight excluding hydrogens is 212 g/mol. The Morgan fingerprint density at radius 2 is 2.00 bits per heavy atom. The van der Waals surface area contributed by atoms with Crippen LogP contribution in [0.15, 0.2) is 18.2 Å². The first-order chi connectivity index (χ1) is 8.13. The molecule has 0 atom stereocenters. The third kappa shape index (κ3) is 5.14. The second kappa shape index (κ2) is 7.23.